The normalized spacial score (nSPS) is 10.6. The quantitative estimate of drug-likeness (QED) is 0.345. The van der Waals surface area contributed by atoms with Crippen LogP contribution in [-0.4, -0.2) is 27.5 Å². The number of aromatic nitrogens is 3. The Kier molecular flexibility index (Phi) is 6.42. The maximum absolute atomic E-state index is 5.82. The van der Waals surface area contributed by atoms with Crippen molar-refractivity contribution in [2.75, 3.05) is 12.4 Å². The molecule has 0 atom stereocenters. The Bertz CT molecular complexity index is 579. The van der Waals surface area contributed by atoms with Crippen molar-refractivity contribution in [3.8, 4) is 5.75 Å². The summed E-state index contributed by atoms with van der Waals surface area (Å²) < 4.78 is 8.60. The first kappa shape index (κ1) is 15.6. The van der Waals surface area contributed by atoms with E-state index in [1.165, 1.54) is 0 Å². The van der Waals surface area contributed by atoms with Crippen molar-refractivity contribution in [3.63, 3.8) is 0 Å². The summed E-state index contributed by atoms with van der Waals surface area (Å²) in [6, 6.07) is 6.13. The van der Waals surface area contributed by atoms with Crippen LogP contribution in [0.5, 0.6) is 5.75 Å². The van der Waals surface area contributed by atoms with E-state index >= 15 is 0 Å². The van der Waals surface area contributed by atoms with Gasteiger partial charge in [-0.15, -0.1) is 0 Å². The molecule has 2 rings (SSSR count). The lowest BCUT2D eigenvalue weighted by Gasteiger charge is -2.09. The molecule has 2 N–H and O–H groups in total. The fourth-order valence-electron chi connectivity index (χ4n) is 1.36. The van der Waals surface area contributed by atoms with Crippen LogP contribution in [0.3, 0.4) is 0 Å². The molecule has 0 aliphatic carbocycles. The van der Waals surface area contributed by atoms with Crippen LogP contribution in [0.1, 0.15) is 5.82 Å². The van der Waals surface area contributed by atoms with Crippen molar-refractivity contribution in [1.82, 2.24) is 15.2 Å². The SMILES string of the molecule is S=c1nc(CSCCOc2c(I)cccc2I)[nH][nH]1. The molecule has 0 radical (unpaired) electrons. The lowest BCUT2D eigenvalue weighted by Crippen LogP contribution is -2.03. The number of benzene rings is 1. The highest BCUT2D eigenvalue weighted by Crippen LogP contribution is 2.27. The summed E-state index contributed by atoms with van der Waals surface area (Å²) in [7, 11) is 0. The number of aromatic amines is 2. The van der Waals surface area contributed by atoms with E-state index in [2.05, 4.69) is 72.5 Å². The van der Waals surface area contributed by atoms with Crippen LogP contribution >= 0.6 is 69.2 Å². The zero-order chi connectivity index (χ0) is 13.7. The monoisotopic (exact) mass is 519 g/mol. The first-order valence-electron chi connectivity index (χ1n) is 5.45. The van der Waals surface area contributed by atoms with E-state index < -0.39 is 0 Å². The van der Waals surface area contributed by atoms with Crippen LogP contribution in [0.2, 0.25) is 0 Å². The molecule has 102 valence electrons. The summed E-state index contributed by atoms with van der Waals surface area (Å²) in [5.74, 6) is 3.57. The molecule has 1 aromatic carbocycles. The molecule has 0 aliphatic heterocycles. The largest absolute Gasteiger partial charge is 0.491 e. The number of ether oxygens (including phenoxy) is 1. The molecule has 4 nitrogen and oxygen atoms in total. The van der Waals surface area contributed by atoms with Crippen LogP contribution in [0.4, 0.5) is 0 Å². The Morgan fingerprint density at radius 1 is 1.26 bits per heavy atom. The van der Waals surface area contributed by atoms with E-state index in [1.54, 1.807) is 11.8 Å². The summed E-state index contributed by atoms with van der Waals surface area (Å²) in [5.41, 5.74) is 0. The second-order valence-corrected chi connectivity index (χ2v) is 7.38. The summed E-state index contributed by atoms with van der Waals surface area (Å²) in [6.45, 7) is 0.686. The minimum absolute atomic E-state index is 0.500. The summed E-state index contributed by atoms with van der Waals surface area (Å²) in [4.78, 5) is 4.13. The fourth-order valence-corrected chi connectivity index (χ4v) is 4.02. The molecule has 0 amide bonds. The Balaban J connectivity index is 1.74. The van der Waals surface area contributed by atoms with E-state index in [0.29, 0.717) is 11.4 Å². The van der Waals surface area contributed by atoms with Crippen molar-refractivity contribution < 1.29 is 4.74 Å². The highest BCUT2D eigenvalue weighted by Gasteiger charge is 2.05. The minimum Gasteiger partial charge on any atom is -0.491 e. The number of nitrogens with zero attached hydrogens (tertiary/aromatic N) is 1. The molecule has 0 aliphatic rings. The molecule has 0 spiro atoms. The van der Waals surface area contributed by atoms with Crippen molar-refractivity contribution in [2.24, 2.45) is 0 Å². The summed E-state index contributed by atoms with van der Waals surface area (Å²) >= 11 is 11.2. The van der Waals surface area contributed by atoms with Crippen molar-refractivity contribution in [2.45, 2.75) is 5.75 Å². The van der Waals surface area contributed by atoms with Crippen LogP contribution in [0, 0.1) is 11.9 Å². The summed E-state index contributed by atoms with van der Waals surface area (Å²) in [5, 5.41) is 5.71. The molecule has 0 unspecified atom stereocenters. The van der Waals surface area contributed by atoms with Crippen LogP contribution < -0.4 is 4.74 Å². The van der Waals surface area contributed by atoms with Gasteiger partial charge in [0.25, 0.3) is 0 Å². The lowest BCUT2D eigenvalue weighted by molar-refractivity contribution is 0.339. The number of hydrogen-bond acceptors (Lipinski definition) is 4. The van der Waals surface area contributed by atoms with Gasteiger partial charge < -0.3 is 4.74 Å². The van der Waals surface area contributed by atoms with Gasteiger partial charge in [0.1, 0.15) is 11.6 Å². The highest BCUT2D eigenvalue weighted by atomic mass is 127. The first-order valence-corrected chi connectivity index (χ1v) is 9.17. The molecule has 1 aromatic heterocycles. The lowest BCUT2D eigenvalue weighted by atomic mass is 10.3. The molecular weight excluding hydrogens is 508 g/mol. The van der Waals surface area contributed by atoms with Crippen molar-refractivity contribution in [1.29, 1.82) is 0 Å². The van der Waals surface area contributed by atoms with E-state index in [0.717, 1.165) is 30.2 Å². The van der Waals surface area contributed by atoms with Gasteiger partial charge in [0.05, 0.1) is 19.5 Å². The number of H-pyrrole nitrogens is 2. The summed E-state index contributed by atoms with van der Waals surface area (Å²) in [6.07, 6.45) is 0. The number of nitrogens with one attached hydrogen (secondary N) is 2. The van der Waals surface area contributed by atoms with Gasteiger partial charge in [0.2, 0.25) is 4.77 Å². The van der Waals surface area contributed by atoms with E-state index in [9.17, 15) is 0 Å². The maximum atomic E-state index is 5.82. The number of para-hydroxylation sites is 1. The second kappa shape index (κ2) is 7.84. The standard InChI is InChI=1S/C11H11I2N3OS2/c12-7-2-1-3-8(13)10(7)17-4-5-19-6-9-14-11(18)16-15-9/h1-3H,4-6H2,(H2,14,15,16,18). The Morgan fingerprint density at radius 3 is 2.63 bits per heavy atom. The van der Waals surface area contributed by atoms with Gasteiger partial charge in [-0.25, -0.2) is 4.98 Å². The number of hydrogen-bond donors (Lipinski definition) is 2. The first-order chi connectivity index (χ1) is 9.16. The average molecular weight is 519 g/mol. The third-order valence-electron chi connectivity index (χ3n) is 2.18. The van der Waals surface area contributed by atoms with Crippen molar-refractivity contribution in [3.05, 3.63) is 35.9 Å². The molecule has 0 fully saturated rings. The van der Waals surface area contributed by atoms with Gasteiger partial charge in [0.15, 0.2) is 0 Å². The number of thioether (sulfide) groups is 1. The molecular formula is C11H11I2N3OS2. The second-order valence-electron chi connectivity index (χ2n) is 3.57. The average Bonchev–Trinajstić information content (AvgIpc) is 2.78. The van der Waals surface area contributed by atoms with Gasteiger partial charge in [-0.2, -0.15) is 11.8 Å². The number of rotatable bonds is 6. The van der Waals surface area contributed by atoms with Gasteiger partial charge in [-0.05, 0) is 69.5 Å². The van der Waals surface area contributed by atoms with E-state index in [1.807, 2.05) is 6.07 Å². The molecule has 0 saturated carbocycles. The molecule has 1 heterocycles. The van der Waals surface area contributed by atoms with Gasteiger partial charge in [0, 0.05) is 5.75 Å². The Hall–Kier alpha value is 0.190. The van der Waals surface area contributed by atoms with Crippen LogP contribution in [-0.2, 0) is 5.75 Å². The highest BCUT2D eigenvalue weighted by molar-refractivity contribution is 14.1. The zero-order valence-corrected chi connectivity index (χ0v) is 15.7. The Labute approximate surface area is 147 Å². The molecule has 8 heteroatoms. The van der Waals surface area contributed by atoms with Gasteiger partial charge >= 0.3 is 0 Å². The minimum atomic E-state index is 0.500. The number of halogens is 2. The topological polar surface area (TPSA) is 53.7 Å². The third-order valence-corrected chi connectivity index (χ3v) is 5.01. The zero-order valence-electron chi connectivity index (χ0n) is 9.78. The van der Waals surface area contributed by atoms with Gasteiger partial charge in [-0.1, -0.05) is 6.07 Å². The molecule has 0 saturated heterocycles. The molecule has 0 bridgehead atoms. The van der Waals surface area contributed by atoms with Crippen LogP contribution in [0.25, 0.3) is 0 Å². The van der Waals surface area contributed by atoms with Gasteiger partial charge in [-0.3, -0.25) is 10.2 Å². The van der Waals surface area contributed by atoms with E-state index in [4.69, 9.17) is 17.0 Å². The van der Waals surface area contributed by atoms with E-state index in [-0.39, 0.29) is 0 Å². The molecule has 2 aromatic rings. The Morgan fingerprint density at radius 2 is 2.00 bits per heavy atom. The predicted molar refractivity (Wildman–Crippen MR) is 97.3 cm³/mol. The van der Waals surface area contributed by atoms with Crippen molar-refractivity contribution >= 4 is 69.2 Å². The smallest absolute Gasteiger partial charge is 0.213 e. The third kappa shape index (κ3) is 4.90. The predicted octanol–water partition coefficient (Wildman–Crippen LogP) is 3.99. The van der Waals surface area contributed by atoms with Crippen LogP contribution in [0.15, 0.2) is 18.2 Å². The fraction of sp³-hybridized carbons (Fsp3) is 0.273. The maximum Gasteiger partial charge on any atom is 0.213 e. The molecule has 19 heavy (non-hydrogen) atoms.